The lowest BCUT2D eigenvalue weighted by molar-refractivity contribution is -0.120. The minimum atomic E-state index is -0.355. The number of carbonyl (C=O) groups is 2. The first kappa shape index (κ1) is 22.7. The van der Waals surface area contributed by atoms with Gasteiger partial charge >= 0.3 is 0 Å². The lowest BCUT2D eigenvalue weighted by Gasteiger charge is -2.28. The predicted molar refractivity (Wildman–Crippen MR) is 143 cm³/mol. The third-order valence-corrected chi connectivity index (χ3v) is 6.63. The molecule has 0 unspecified atom stereocenters. The van der Waals surface area contributed by atoms with Crippen LogP contribution in [0, 0.1) is 0 Å². The van der Waals surface area contributed by atoms with Crippen molar-refractivity contribution in [3.05, 3.63) is 90.1 Å². The highest BCUT2D eigenvalue weighted by Crippen LogP contribution is 2.34. The number of nitrogens with zero attached hydrogens (tertiary/aromatic N) is 3. The van der Waals surface area contributed by atoms with E-state index in [1.165, 1.54) is 29.8 Å². The summed E-state index contributed by atoms with van der Waals surface area (Å²) in [5.74, 6) is -0.683. The first-order valence-electron chi connectivity index (χ1n) is 12.1. The molecule has 0 aromatic heterocycles. The fraction of sp³-hybridized carbons (Fsp3) is 0.241. The van der Waals surface area contributed by atoms with Gasteiger partial charge in [0.15, 0.2) is 0 Å². The predicted octanol–water partition coefficient (Wildman–Crippen LogP) is 5.14. The number of imide groups is 1. The van der Waals surface area contributed by atoms with Gasteiger partial charge < -0.3 is 15.1 Å². The molecule has 178 valence electrons. The summed E-state index contributed by atoms with van der Waals surface area (Å²) in [4.78, 5) is 32.8. The van der Waals surface area contributed by atoms with Crippen molar-refractivity contribution in [2.45, 2.75) is 19.3 Å². The topological polar surface area (TPSA) is 55.9 Å². The average molecular weight is 467 g/mol. The minimum Gasteiger partial charge on any atom is -0.378 e. The summed E-state index contributed by atoms with van der Waals surface area (Å²) in [7, 11) is 3.91. The van der Waals surface area contributed by atoms with Crippen molar-refractivity contribution in [1.29, 1.82) is 0 Å². The van der Waals surface area contributed by atoms with Crippen LogP contribution in [0.1, 0.15) is 24.8 Å². The zero-order chi connectivity index (χ0) is 24.4. The third kappa shape index (κ3) is 4.52. The van der Waals surface area contributed by atoms with Crippen molar-refractivity contribution in [2.75, 3.05) is 47.2 Å². The summed E-state index contributed by atoms with van der Waals surface area (Å²) in [5, 5.41) is 3.27. The Bertz CT molecular complexity index is 1240. The van der Waals surface area contributed by atoms with E-state index in [1.807, 2.05) is 85.7 Å². The number of amides is 2. The molecule has 35 heavy (non-hydrogen) atoms. The Kier molecular flexibility index (Phi) is 6.27. The Morgan fingerprint density at radius 3 is 1.97 bits per heavy atom. The van der Waals surface area contributed by atoms with Crippen LogP contribution in [-0.4, -0.2) is 39.0 Å². The molecular formula is C29H30N4O2. The van der Waals surface area contributed by atoms with Crippen LogP contribution in [0.2, 0.25) is 0 Å². The van der Waals surface area contributed by atoms with Crippen LogP contribution in [0.25, 0.3) is 5.57 Å². The molecule has 3 aromatic rings. The van der Waals surface area contributed by atoms with Gasteiger partial charge in [0.25, 0.3) is 11.8 Å². The molecule has 6 nitrogen and oxygen atoms in total. The van der Waals surface area contributed by atoms with E-state index in [4.69, 9.17) is 0 Å². The van der Waals surface area contributed by atoms with Crippen LogP contribution in [-0.2, 0) is 9.59 Å². The molecule has 3 aromatic carbocycles. The van der Waals surface area contributed by atoms with E-state index >= 15 is 0 Å². The molecule has 2 heterocycles. The van der Waals surface area contributed by atoms with Crippen LogP contribution in [0.4, 0.5) is 22.7 Å². The molecule has 0 aliphatic carbocycles. The van der Waals surface area contributed by atoms with Gasteiger partial charge in [-0.3, -0.25) is 9.59 Å². The molecule has 5 rings (SSSR count). The van der Waals surface area contributed by atoms with Crippen LogP contribution in [0.3, 0.4) is 0 Å². The van der Waals surface area contributed by atoms with E-state index in [0.29, 0.717) is 22.5 Å². The fourth-order valence-electron chi connectivity index (χ4n) is 4.70. The van der Waals surface area contributed by atoms with Gasteiger partial charge in [0.1, 0.15) is 5.70 Å². The molecule has 1 saturated heterocycles. The Morgan fingerprint density at radius 1 is 0.714 bits per heavy atom. The van der Waals surface area contributed by atoms with Gasteiger partial charge in [-0.15, -0.1) is 0 Å². The summed E-state index contributed by atoms with van der Waals surface area (Å²) in [6.45, 7) is 2.15. The molecule has 1 N–H and O–H groups in total. The molecule has 0 bridgehead atoms. The Morgan fingerprint density at radius 2 is 1.34 bits per heavy atom. The second-order valence-electron chi connectivity index (χ2n) is 9.19. The number of hydrogen-bond donors (Lipinski definition) is 1. The monoisotopic (exact) mass is 466 g/mol. The molecule has 0 saturated carbocycles. The highest BCUT2D eigenvalue weighted by atomic mass is 16.2. The van der Waals surface area contributed by atoms with E-state index in [1.54, 1.807) is 0 Å². The number of carbonyl (C=O) groups excluding carboxylic acids is 2. The summed E-state index contributed by atoms with van der Waals surface area (Å²) < 4.78 is 0. The molecular weight excluding hydrogens is 436 g/mol. The lowest BCUT2D eigenvalue weighted by Crippen LogP contribution is -2.32. The van der Waals surface area contributed by atoms with Crippen LogP contribution >= 0.6 is 0 Å². The van der Waals surface area contributed by atoms with E-state index < -0.39 is 0 Å². The normalized spacial score (nSPS) is 16.2. The molecule has 2 aliphatic heterocycles. The van der Waals surface area contributed by atoms with Crippen LogP contribution in [0.15, 0.2) is 84.6 Å². The quantitative estimate of drug-likeness (QED) is 0.510. The second kappa shape index (κ2) is 9.66. The van der Waals surface area contributed by atoms with E-state index in [9.17, 15) is 9.59 Å². The number of piperidine rings is 1. The van der Waals surface area contributed by atoms with Gasteiger partial charge in [-0.25, -0.2) is 4.90 Å². The molecule has 6 heteroatoms. The summed E-state index contributed by atoms with van der Waals surface area (Å²) in [5.41, 5.74) is 4.90. The van der Waals surface area contributed by atoms with Gasteiger partial charge in [-0.05, 0) is 73.4 Å². The van der Waals surface area contributed by atoms with Crippen molar-refractivity contribution >= 4 is 40.1 Å². The van der Waals surface area contributed by atoms with Gasteiger partial charge in [0, 0.05) is 44.2 Å². The van der Waals surface area contributed by atoms with Crippen molar-refractivity contribution in [2.24, 2.45) is 0 Å². The van der Waals surface area contributed by atoms with Gasteiger partial charge in [0.2, 0.25) is 0 Å². The molecule has 0 spiro atoms. The van der Waals surface area contributed by atoms with Gasteiger partial charge in [-0.1, -0.05) is 30.3 Å². The number of anilines is 4. The summed E-state index contributed by atoms with van der Waals surface area (Å²) >= 11 is 0. The SMILES string of the molecule is CN(C)c1ccc(N2C(=O)C(Nc3ccc(N4CCCCC4)cc3)=C(c3ccccc3)C2=O)cc1. The number of nitrogens with one attached hydrogen (secondary N) is 1. The van der Waals surface area contributed by atoms with E-state index in [0.717, 1.165) is 24.5 Å². The molecule has 0 radical (unpaired) electrons. The van der Waals surface area contributed by atoms with Gasteiger partial charge in [0.05, 0.1) is 11.3 Å². The molecule has 0 atom stereocenters. The van der Waals surface area contributed by atoms with Crippen molar-refractivity contribution in [3.8, 4) is 0 Å². The van der Waals surface area contributed by atoms with Crippen LogP contribution < -0.4 is 20.0 Å². The number of benzene rings is 3. The fourth-order valence-corrected chi connectivity index (χ4v) is 4.70. The maximum absolute atomic E-state index is 13.6. The van der Waals surface area contributed by atoms with Crippen molar-refractivity contribution < 1.29 is 9.59 Å². The Labute approximate surface area is 206 Å². The van der Waals surface area contributed by atoms with Crippen LogP contribution in [0.5, 0.6) is 0 Å². The Hall–Kier alpha value is -4.06. The molecule has 2 amide bonds. The highest BCUT2D eigenvalue weighted by molar-refractivity contribution is 6.46. The third-order valence-electron chi connectivity index (χ3n) is 6.63. The van der Waals surface area contributed by atoms with Gasteiger partial charge in [-0.2, -0.15) is 0 Å². The van der Waals surface area contributed by atoms with Crippen molar-refractivity contribution in [3.63, 3.8) is 0 Å². The average Bonchev–Trinajstić information content (AvgIpc) is 3.14. The number of rotatable bonds is 6. The molecule has 2 aliphatic rings. The zero-order valence-corrected chi connectivity index (χ0v) is 20.2. The second-order valence-corrected chi connectivity index (χ2v) is 9.19. The van der Waals surface area contributed by atoms with E-state index in [-0.39, 0.29) is 11.8 Å². The number of hydrogen-bond acceptors (Lipinski definition) is 5. The smallest absolute Gasteiger partial charge is 0.282 e. The van der Waals surface area contributed by atoms with Crippen molar-refractivity contribution in [1.82, 2.24) is 0 Å². The minimum absolute atomic E-state index is 0.295. The standard InChI is InChI=1S/C29H30N4O2/c1-31(2)23-15-17-25(18-16-23)33-28(34)26(21-9-5-3-6-10-21)27(29(33)35)30-22-11-13-24(14-12-22)32-19-7-4-8-20-32/h3,5-6,9-18,30H,4,7-8,19-20H2,1-2H3. The first-order valence-corrected chi connectivity index (χ1v) is 12.1. The highest BCUT2D eigenvalue weighted by Gasteiger charge is 2.40. The van der Waals surface area contributed by atoms with E-state index in [2.05, 4.69) is 22.3 Å². The molecule has 1 fully saturated rings. The maximum atomic E-state index is 13.6. The zero-order valence-electron chi connectivity index (χ0n) is 20.2. The largest absolute Gasteiger partial charge is 0.378 e. The lowest BCUT2D eigenvalue weighted by atomic mass is 10.0. The maximum Gasteiger partial charge on any atom is 0.282 e. The Balaban J connectivity index is 1.47. The summed E-state index contributed by atoms with van der Waals surface area (Å²) in [6.07, 6.45) is 3.72. The first-order chi connectivity index (χ1) is 17.0. The summed E-state index contributed by atoms with van der Waals surface area (Å²) in [6, 6.07) is 24.9.